The van der Waals surface area contributed by atoms with Crippen LogP contribution >= 0.6 is 0 Å². The Bertz CT molecular complexity index is 750. The molecule has 0 aromatic heterocycles. The number of carboxylic acids is 1. The van der Waals surface area contributed by atoms with E-state index in [2.05, 4.69) is 10.6 Å². The lowest BCUT2D eigenvalue weighted by Crippen LogP contribution is -2.51. The van der Waals surface area contributed by atoms with E-state index in [0.29, 0.717) is 5.69 Å². The molecule has 1 saturated heterocycles. The second kappa shape index (κ2) is 9.29. The minimum atomic E-state index is -1.28. The van der Waals surface area contributed by atoms with Gasteiger partial charge < -0.3 is 25.4 Å². The first-order valence-electron chi connectivity index (χ1n) is 9.03. The predicted molar refractivity (Wildman–Crippen MR) is 96.3 cm³/mol. The molecule has 1 aromatic rings. The molecule has 1 heterocycles. The number of nitrogens with one attached hydrogen (secondary N) is 2. The summed E-state index contributed by atoms with van der Waals surface area (Å²) in [7, 11) is 0. The van der Waals surface area contributed by atoms with E-state index in [4.69, 9.17) is 0 Å². The average Bonchev–Trinajstić information content (AvgIpc) is 3.01. The summed E-state index contributed by atoms with van der Waals surface area (Å²) in [5, 5.41) is 15.5. The fourth-order valence-electron chi connectivity index (χ4n) is 2.96. The second-order valence-electron chi connectivity index (χ2n) is 7.03. The number of anilines is 1. The molecular weight excluding hydrogens is 369 g/mol. The first-order valence-corrected chi connectivity index (χ1v) is 9.03. The van der Waals surface area contributed by atoms with Gasteiger partial charge in [-0.25, -0.2) is 4.39 Å². The van der Waals surface area contributed by atoms with Crippen LogP contribution in [0.5, 0.6) is 0 Å². The number of aliphatic carboxylic acids is 1. The zero-order chi connectivity index (χ0) is 20.8. The van der Waals surface area contributed by atoms with E-state index < -0.39 is 35.6 Å². The summed E-state index contributed by atoms with van der Waals surface area (Å²) >= 11 is 0. The van der Waals surface area contributed by atoms with E-state index in [1.165, 1.54) is 29.2 Å². The molecule has 0 radical (unpaired) electrons. The first kappa shape index (κ1) is 21.3. The van der Waals surface area contributed by atoms with E-state index in [1.807, 2.05) is 0 Å². The van der Waals surface area contributed by atoms with Crippen LogP contribution in [0.15, 0.2) is 24.3 Å². The Labute approximate surface area is 162 Å². The summed E-state index contributed by atoms with van der Waals surface area (Å²) in [6.45, 7) is 3.52. The van der Waals surface area contributed by atoms with Gasteiger partial charge in [0.05, 0.1) is 5.92 Å². The molecule has 2 atom stereocenters. The number of carbonyl (C=O) groups excluding carboxylic acids is 4. The summed E-state index contributed by atoms with van der Waals surface area (Å²) in [5.41, 5.74) is 0.502. The molecule has 1 fully saturated rings. The van der Waals surface area contributed by atoms with E-state index >= 15 is 0 Å². The quantitative estimate of drug-likeness (QED) is 0.623. The van der Waals surface area contributed by atoms with Crippen molar-refractivity contribution in [1.82, 2.24) is 10.6 Å². The van der Waals surface area contributed by atoms with Crippen LogP contribution in [-0.4, -0.2) is 42.8 Å². The van der Waals surface area contributed by atoms with Gasteiger partial charge in [-0.3, -0.25) is 14.4 Å². The van der Waals surface area contributed by atoms with Crippen LogP contribution in [0.4, 0.5) is 10.1 Å². The van der Waals surface area contributed by atoms with Crippen LogP contribution in [0.1, 0.15) is 26.7 Å². The van der Waals surface area contributed by atoms with Crippen LogP contribution in [0.2, 0.25) is 0 Å². The van der Waals surface area contributed by atoms with Crippen LogP contribution in [-0.2, 0) is 19.2 Å². The lowest BCUT2D eigenvalue weighted by molar-refractivity contribution is -0.305. The molecule has 2 rings (SSSR count). The van der Waals surface area contributed by atoms with Crippen molar-refractivity contribution in [3.63, 3.8) is 0 Å². The molecule has 1 aliphatic heterocycles. The monoisotopic (exact) mass is 392 g/mol. The van der Waals surface area contributed by atoms with Crippen molar-refractivity contribution in [2.75, 3.05) is 18.0 Å². The van der Waals surface area contributed by atoms with Crippen molar-refractivity contribution in [1.29, 1.82) is 0 Å². The molecule has 0 unspecified atom stereocenters. The molecular formula is C19H23FN3O5-. The van der Waals surface area contributed by atoms with Crippen LogP contribution in [0, 0.1) is 17.7 Å². The van der Waals surface area contributed by atoms with Gasteiger partial charge in [0.25, 0.3) is 0 Å². The maximum Gasteiger partial charge on any atom is 0.242 e. The number of hydrogen-bond donors (Lipinski definition) is 2. The highest BCUT2D eigenvalue weighted by Crippen LogP contribution is 2.25. The molecule has 152 valence electrons. The minimum absolute atomic E-state index is 0.0136. The number of carbonyl (C=O) groups is 4. The number of carboxylic acid groups (broad SMARTS) is 1. The zero-order valence-electron chi connectivity index (χ0n) is 15.7. The molecule has 1 aliphatic rings. The van der Waals surface area contributed by atoms with E-state index in [0.717, 1.165) is 0 Å². The van der Waals surface area contributed by atoms with Gasteiger partial charge in [0.1, 0.15) is 11.9 Å². The van der Waals surface area contributed by atoms with E-state index in [-0.39, 0.29) is 37.8 Å². The molecule has 1 aromatic carbocycles. The van der Waals surface area contributed by atoms with Gasteiger partial charge in [0.2, 0.25) is 17.7 Å². The molecule has 2 N–H and O–H groups in total. The molecule has 0 spiro atoms. The standard InChI is InChI=1S/C19H24FN3O5/c1-11(2)17(19(28)21-8-7-16(25)26)22-18(27)12-9-15(24)23(10-12)14-5-3-13(20)4-6-14/h3-6,11-12,17H,7-10H2,1-2H3,(H,21,28)(H,22,27)(H,25,26)/p-1/t12-,17-/m0/s1. The van der Waals surface area contributed by atoms with Gasteiger partial charge in [-0.05, 0) is 30.2 Å². The molecule has 9 heteroatoms. The van der Waals surface area contributed by atoms with E-state index in [1.54, 1.807) is 13.8 Å². The normalized spacial score (nSPS) is 17.5. The van der Waals surface area contributed by atoms with Crippen LogP contribution < -0.4 is 20.6 Å². The second-order valence-corrected chi connectivity index (χ2v) is 7.03. The summed E-state index contributed by atoms with van der Waals surface area (Å²) in [5.74, 6) is -3.78. The van der Waals surface area contributed by atoms with Gasteiger partial charge in [0, 0.05) is 37.6 Å². The zero-order valence-corrected chi connectivity index (χ0v) is 15.7. The largest absolute Gasteiger partial charge is 0.550 e. The van der Waals surface area contributed by atoms with Crippen molar-refractivity contribution in [3.05, 3.63) is 30.1 Å². The van der Waals surface area contributed by atoms with Gasteiger partial charge in [-0.2, -0.15) is 0 Å². The Morgan fingerprint density at radius 1 is 1.25 bits per heavy atom. The molecule has 28 heavy (non-hydrogen) atoms. The van der Waals surface area contributed by atoms with Gasteiger partial charge in [-0.15, -0.1) is 0 Å². The van der Waals surface area contributed by atoms with Crippen molar-refractivity contribution < 1.29 is 28.7 Å². The number of halogens is 1. The fraction of sp³-hybridized carbons (Fsp3) is 0.474. The first-order chi connectivity index (χ1) is 13.2. The molecule has 0 aliphatic carbocycles. The summed E-state index contributed by atoms with van der Waals surface area (Å²) in [4.78, 5) is 48.9. The Balaban J connectivity index is 1.98. The topological polar surface area (TPSA) is 119 Å². The van der Waals surface area contributed by atoms with Gasteiger partial charge >= 0.3 is 0 Å². The average molecular weight is 392 g/mol. The third-order valence-corrected chi connectivity index (χ3v) is 4.51. The maximum absolute atomic E-state index is 13.1. The Hall–Kier alpha value is -2.97. The van der Waals surface area contributed by atoms with Crippen molar-refractivity contribution in [3.8, 4) is 0 Å². The van der Waals surface area contributed by atoms with Crippen LogP contribution in [0.3, 0.4) is 0 Å². The highest BCUT2D eigenvalue weighted by molar-refractivity contribution is 6.01. The SMILES string of the molecule is CC(C)[C@H](NC(=O)[C@H]1CC(=O)N(c2ccc(F)cc2)C1)C(=O)NCCC(=O)[O-]. The predicted octanol–water partition coefficient (Wildman–Crippen LogP) is -0.424. The highest BCUT2D eigenvalue weighted by atomic mass is 19.1. The summed E-state index contributed by atoms with van der Waals surface area (Å²) < 4.78 is 13.1. The van der Waals surface area contributed by atoms with Crippen molar-refractivity contribution in [2.45, 2.75) is 32.7 Å². The number of nitrogens with zero attached hydrogens (tertiary/aromatic N) is 1. The molecule has 0 bridgehead atoms. The Morgan fingerprint density at radius 3 is 2.46 bits per heavy atom. The lowest BCUT2D eigenvalue weighted by Gasteiger charge is -2.23. The van der Waals surface area contributed by atoms with Crippen molar-refractivity contribution >= 4 is 29.4 Å². The van der Waals surface area contributed by atoms with Gasteiger partial charge in [0.15, 0.2) is 0 Å². The summed E-state index contributed by atoms with van der Waals surface area (Å²) in [6, 6.07) is 4.55. The van der Waals surface area contributed by atoms with Crippen molar-refractivity contribution in [2.24, 2.45) is 11.8 Å². The molecule has 3 amide bonds. The maximum atomic E-state index is 13.1. The number of amides is 3. The van der Waals surface area contributed by atoms with E-state index in [9.17, 15) is 28.7 Å². The smallest absolute Gasteiger partial charge is 0.242 e. The third-order valence-electron chi connectivity index (χ3n) is 4.51. The highest BCUT2D eigenvalue weighted by Gasteiger charge is 2.37. The Morgan fingerprint density at radius 2 is 1.89 bits per heavy atom. The molecule has 8 nitrogen and oxygen atoms in total. The van der Waals surface area contributed by atoms with Crippen LogP contribution in [0.25, 0.3) is 0 Å². The number of rotatable bonds is 8. The molecule has 0 saturated carbocycles. The van der Waals surface area contributed by atoms with Gasteiger partial charge in [-0.1, -0.05) is 13.8 Å². The number of hydrogen-bond acceptors (Lipinski definition) is 5. The Kier molecular flexibility index (Phi) is 7.08. The third kappa shape index (κ3) is 5.51. The minimum Gasteiger partial charge on any atom is -0.550 e. The fourth-order valence-corrected chi connectivity index (χ4v) is 2.96. The lowest BCUT2D eigenvalue weighted by atomic mass is 10.0. The summed E-state index contributed by atoms with van der Waals surface area (Å²) in [6.07, 6.45) is -0.339. The number of benzene rings is 1.